The minimum atomic E-state index is -3.81. The van der Waals surface area contributed by atoms with Gasteiger partial charge in [-0.1, -0.05) is 23.7 Å². The van der Waals surface area contributed by atoms with E-state index in [1.807, 2.05) is 13.0 Å². The van der Waals surface area contributed by atoms with Crippen molar-refractivity contribution in [3.63, 3.8) is 0 Å². The molecule has 0 bridgehead atoms. The van der Waals surface area contributed by atoms with Crippen LogP contribution in [0.3, 0.4) is 0 Å². The average Bonchev–Trinajstić information content (AvgIpc) is 2.47. The van der Waals surface area contributed by atoms with Crippen LogP contribution in [0.4, 0.5) is 5.69 Å². The Morgan fingerprint density at radius 1 is 1.17 bits per heavy atom. The largest absolute Gasteiger partial charge is 0.352 e. The molecule has 0 unspecified atom stereocenters. The summed E-state index contributed by atoms with van der Waals surface area (Å²) in [4.78, 5) is 11.9. The van der Waals surface area contributed by atoms with Crippen molar-refractivity contribution >= 4 is 33.2 Å². The summed E-state index contributed by atoms with van der Waals surface area (Å²) in [7, 11) is -3.81. The number of carbonyl (C=O) groups excluding carboxylic acids is 1. The van der Waals surface area contributed by atoms with Gasteiger partial charge in [-0.05, 0) is 49.7 Å². The first kappa shape index (κ1) is 17.3. The number of halogens is 1. The molecule has 0 fully saturated rings. The number of rotatable bonds is 5. The van der Waals surface area contributed by atoms with Crippen molar-refractivity contribution < 1.29 is 13.2 Å². The fourth-order valence-corrected chi connectivity index (χ4v) is 3.30. The van der Waals surface area contributed by atoms with Gasteiger partial charge in [0.2, 0.25) is 0 Å². The Labute approximate surface area is 140 Å². The van der Waals surface area contributed by atoms with E-state index in [0.29, 0.717) is 12.2 Å². The summed E-state index contributed by atoms with van der Waals surface area (Å²) in [5.41, 5.74) is 1.52. The smallest absolute Gasteiger partial charge is 0.261 e. The molecule has 0 heterocycles. The molecule has 0 aliphatic heterocycles. The first-order chi connectivity index (χ1) is 10.8. The lowest BCUT2D eigenvalue weighted by atomic mass is 10.2. The van der Waals surface area contributed by atoms with Gasteiger partial charge in [-0.25, -0.2) is 8.42 Å². The Morgan fingerprint density at radius 2 is 1.91 bits per heavy atom. The summed E-state index contributed by atoms with van der Waals surface area (Å²) in [6.45, 7) is 4.06. The molecule has 23 heavy (non-hydrogen) atoms. The zero-order valence-corrected chi connectivity index (χ0v) is 14.3. The van der Waals surface area contributed by atoms with Gasteiger partial charge in [0.15, 0.2) is 0 Å². The van der Waals surface area contributed by atoms with Crippen LogP contribution in [0.15, 0.2) is 47.4 Å². The molecule has 0 radical (unpaired) electrons. The van der Waals surface area contributed by atoms with Crippen LogP contribution in [0, 0.1) is 6.92 Å². The molecule has 7 heteroatoms. The summed E-state index contributed by atoms with van der Waals surface area (Å²) in [5.74, 6) is -0.412. The molecule has 0 saturated carbocycles. The Hall–Kier alpha value is -2.05. The second-order valence-electron chi connectivity index (χ2n) is 4.98. The van der Waals surface area contributed by atoms with E-state index in [0.717, 1.165) is 5.56 Å². The van der Waals surface area contributed by atoms with E-state index in [1.54, 1.807) is 25.1 Å². The summed E-state index contributed by atoms with van der Waals surface area (Å²) in [5, 5.41) is 2.80. The maximum atomic E-state index is 12.5. The van der Waals surface area contributed by atoms with Gasteiger partial charge in [0.05, 0.1) is 15.5 Å². The highest BCUT2D eigenvalue weighted by molar-refractivity contribution is 7.92. The zero-order chi connectivity index (χ0) is 17.0. The first-order valence-corrected chi connectivity index (χ1v) is 8.87. The summed E-state index contributed by atoms with van der Waals surface area (Å²) < 4.78 is 27.4. The molecular weight excluding hydrogens is 336 g/mol. The SMILES string of the molecule is CCNC(=O)c1cc(S(=O)(=O)Nc2cccc(C)c2)ccc1Cl. The van der Waals surface area contributed by atoms with E-state index < -0.39 is 15.9 Å². The molecular formula is C16H17ClN2O3S. The van der Waals surface area contributed by atoms with Crippen LogP contribution < -0.4 is 10.0 Å². The van der Waals surface area contributed by atoms with Crippen LogP contribution in [0.5, 0.6) is 0 Å². The lowest BCUT2D eigenvalue weighted by Gasteiger charge is -2.11. The third-order valence-corrected chi connectivity index (χ3v) is 4.81. The van der Waals surface area contributed by atoms with E-state index in [2.05, 4.69) is 10.0 Å². The van der Waals surface area contributed by atoms with Crippen molar-refractivity contribution in [1.82, 2.24) is 5.32 Å². The van der Waals surface area contributed by atoms with Crippen molar-refractivity contribution in [3.8, 4) is 0 Å². The van der Waals surface area contributed by atoms with Gasteiger partial charge >= 0.3 is 0 Å². The highest BCUT2D eigenvalue weighted by Crippen LogP contribution is 2.23. The van der Waals surface area contributed by atoms with Crippen LogP contribution in [0.2, 0.25) is 5.02 Å². The summed E-state index contributed by atoms with van der Waals surface area (Å²) in [6.07, 6.45) is 0. The van der Waals surface area contributed by atoms with E-state index in [9.17, 15) is 13.2 Å². The second-order valence-corrected chi connectivity index (χ2v) is 7.07. The van der Waals surface area contributed by atoms with Crippen LogP contribution in [-0.2, 0) is 10.0 Å². The van der Waals surface area contributed by atoms with Crippen molar-refractivity contribution in [2.75, 3.05) is 11.3 Å². The first-order valence-electron chi connectivity index (χ1n) is 7.00. The monoisotopic (exact) mass is 352 g/mol. The molecule has 2 aromatic carbocycles. The number of sulfonamides is 1. The van der Waals surface area contributed by atoms with Gasteiger partial charge in [0.1, 0.15) is 0 Å². The molecule has 2 N–H and O–H groups in total. The number of hydrogen-bond donors (Lipinski definition) is 2. The second kappa shape index (κ2) is 7.02. The average molecular weight is 353 g/mol. The highest BCUT2D eigenvalue weighted by Gasteiger charge is 2.18. The quantitative estimate of drug-likeness (QED) is 0.867. The van der Waals surface area contributed by atoms with Crippen LogP contribution in [0.1, 0.15) is 22.8 Å². The van der Waals surface area contributed by atoms with Crippen molar-refractivity contribution in [3.05, 3.63) is 58.6 Å². The topological polar surface area (TPSA) is 75.3 Å². The van der Waals surface area contributed by atoms with Crippen molar-refractivity contribution in [2.45, 2.75) is 18.7 Å². The van der Waals surface area contributed by atoms with Gasteiger partial charge in [-0.15, -0.1) is 0 Å². The molecule has 0 atom stereocenters. The number of hydrogen-bond acceptors (Lipinski definition) is 3. The molecule has 0 spiro atoms. The maximum absolute atomic E-state index is 12.5. The molecule has 1 amide bonds. The lowest BCUT2D eigenvalue weighted by Crippen LogP contribution is -2.23. The van der Waals surface area contributed by atoms with Crippen LogP contribution in [-0.4, -0.2) is 20.9 Å². The van der Waals surface area contributed by atoms with Gasteiger partial charge in [-0.3, -0.25) is 9.52 Å². The fraction of sp³-hybridized carbons (Fsp3) is 0.188. The Kier molecular flexibility index (Phi) is 5.28. The molecule has 2 aromatic rings. The third kappa shape index (κ3) is 4.24. The minimum absolute atomic E-state index is 0.0235. The van der Waals surface area contributed by atoms with Crippen LogP contribution >= 0.6 is 11.6 Å². The van der Waals surface area contributed by atoms with E-state index >= 15 is 0 Å². The van der Waals surface area contributed by atoms with Crippen molar-refractivity contribution in [1.29, 1.82) is 0 Å². The predicted octanol–water partition coefficient (Wildman–Crippen LogP) is 3.20. The number of nitrogens with one attached hydrogen (secondary N) is 2. The predicted molar refractivity (Wildman–Crippen MR) is 91.4 cm³/mol. The normalized spacial score (nSPS) is 11.1. The lowest BCUT2D eigenvalue weighted by molar-refractivity contribution is 0.0956. The molecule has 2 rings (SSSR count). The number of benzene rings is 2. The molecule has 0 saturated heterocycles. The van der Waals surface area contributed by atoms with Gasteiger partial charge in [-0.2, -0.15) is 0 Å². The van der Waals surface area contributed by atoms with E-state index in [1.165, 1.54) is 18.2 Å². The number of anilines is 1. The summed E-state index contributed by atoms with van der Waals surface area (Å²) >= 11 is 5.98. The maximum Gasteiger partial charge on any atom is 0.261 e. The molecule has 0 aliphatic carbocycles. The van der Waals surface area contributed by atoms with Gasteiger partial charge < -0.3 is 5.32 Å². The highest BCUT2D eigenvalue weighted by atomic mass is 35.5. The van der Waals surface area contributed by atoms with Gasteiger partial charge in [0, 0.05) is 12.2 Å². The number of aryl methyl sites for hydroxylation is 1. The number of amides is 1. The van der Waals surface area contributed by atoms with E-state index in [-0.39, 0.29) is 15.5 Å². The molecule has 122 valence electrons. The minimum Gasteiger partial charge on any atom is -0.352 e. The van der Waals surface area contributed by atoms with Gasteiger partial charge in [0.25, 0.3) is 15.9 Å². The molecule has 0 aromatic heterocycles. The Morgan fingerprint density at radius 3 is 2.57 bits per heavy atom. The summed E-state index contributed by atoms with van der Waals surface area (Å²) in [6, 6.07) is 11.0. The standard InChI is InChI=1S/C16H17ClN2O3S/c1-3-18-16(20)14-10-13(7-8-15(14)17)23(21,22)19-12-6-4-5-11(2)9-12/h4-10,19H,3H2,1-2H3,(H,18,20). The third-order valence-electron chi connectivity index (χ3n) is 3.10. The van der Waals surface area contributed by atoms with E-state index in [4.69, 9.17) is 11.6 Å². The Bertz CT molecular complexity index is 835. The van der Waals surface area contributed by atoms with Crippen molar-refractivity contribution in [2.24, 2.45) is 0 Å². The molecule has 0 aliphatic rings. The fourth-order valence-electron chi connectivity index (χ4n) is 2.02. The zero-order valence-electron chi connectivity index (χ0n) is 12.8. The Balaban J connectivity index is 2.36. The number of carbonyl (C=O) groups is 1. The molecule has 5 nitrogen and oxygen atoms in total. The van der Waals surface area contributed by atoms with Crippen LogP contribution in [0.25, 0.3) is 0 Å².